The number of benzene rings is 2. The molecule has 138 valence electrons. The molecule has 0 aromatic heterocycles. The Labute approximate surface area is 157 Å². The number of amides is 4. The van der Waals surface area contributed by atoms with Crippen LogP contribution in [0.5, 0.6) is 0 Å². The summed E-state index contributed by atoms with van der Waals surface area (Å²) in [7, 11) is 0. The number of urea groups is 1. The fourth-order valence-corrected chi connectivity index (χ4v) is 3.51. The molecule has 0 saturated carbocycles. The first-order valence-corrected chi connectivity index (χ1v) is 8.91. The first kappa shape index (κ1) is 17.1. The maximum absolute atomic E-state index is 12.8. The predicted molar refractivity (Wildman–Crippen MR) is 101 cm³/mol. The Morgan fingerprint density at radius 1 is 0.963 bits per heavy atom. The van der Waals surface area contributed by atoms with E-state index in [9.17, 15) is 14.4 Å². The molecule has 27 heavy (non-hydrogen) atoms. The van der Waals surface area contributed by atoms with E-state index in [2.05, 4.69) is 10.6 Å². The highest BCUT2D eigenvalue weighted by Gasteiger charge is 2.35. The minimum absolute atomic E-state index is 0.00826. The molecule has 2 saturated heterocycles. The van der Waals surface area contributed by atoms with Crippen molar-refractivity contribution < 1.29 is 14.4 Å². The van der Waals surface area contributed by atoms with E-state index in [0.29, 0.717) is 13.1 Å². The molecule has 7 heteroatoms. The van der Waals surface area contributed by atoms with Gasteiger partial charge < -0.3 is 20.4 Å². The molecule has 7 nitrogen and oxygen atoms in total. The SMILES string of the molecule is O=C1NC[C@@H](C(=O)N2CCN(c3ccccc3-c3ccccc3)C(=O)C2)N1. The Balaban J connectivity index is 1.52. The highest BCUT2D eigenvalue weighted by Crippen LogP contribution is 2.31. The van der Waals surface area contributed by atoms with Gasteiger partial charge in [0.2, 0.25) is 11.8 Å². The Morgan fingerprint density at radius 2 is 1.70 bits per heavy atom. The smallest absolute Gasteiger partial charge is 0.315 e. The average molecular weight is 364 g/mol. The topological polar surface area (TPSA) is 81.8 Å². The van der Waals surface area contributed by atoms with Crippen LogP contribution in [0, 0.1) is 0 Å². The Morgan fingerprint density at radius 3 is 2.41 bits per heavy atom. The molecule has 2 aliphatic rings. The highest BCUT2D eigenvalue weighted by molar-refractivity contribution is 6.02. The molecule has 0 aliphatic carbocycles. The zero-order chi connectivity index (χ0) is 18.8. The van der Waals surface area contributed by atoms with Gasteiger partial charge >= 0.3 is 6.03 Å². The maximum atomic E-state index is 12.8. The van der Waals surface area contributed by atoms with Crippen LogP contribution in [-0.4, -0.2) is 55.0 Å². The molecule has 4 amide bonds. The first-order chi connectivity index (χ1) is 13.1. The van der Waals surface area contributed by atoms with Gasteiger partial charge in [0, 0.05) is 25.2 Å². The van der Waals surface area contributed by atoms with Crippen molar-refractivity contribution in [1.82, 2.24) is 15.5 Å². The van der Waals surface area contributed by atoms with E-state index in [1.54, 1.807) is 4.90 Å². The van der Waals surface area contributed by atoms with Crippen molar-refractivity contribution in [3.63, 3.8) is 0 Å². The number of nitrogens with one attached hydrogen (secondary N) is 2. The van der Waals surface area contributed by atoms with Crippen molar-refractivity contribution in [2.75, 3.05) is 31.1 Å². The van der Waals surface area contributed by atoms with Crippen LogP contribution in [0.4, 0.5) is 10.5 Å². The maximum Gasteiger partial charge on any atom is 0.315 e. The molecule has 2 fully saturated rings. The van der Waals surface area contributed by atoms with Crippen LogP contribution in [0.25, 0.3) is 11.1 Å². The lowest BCUT2D eigenvalue weighted by atomic mass is 10.0. The Bertz CT molecular complexity index is 884. The normalized spacial score (nSPS) is 19.6. The summed E-state index contributed by atoms with van der Waals surface area (Å²) in [5.41, 5.74) is 2.87. The fourth-order valence-electron chi connectivity index (χ4n) is 3.51. The van der Waals surface area contributed by atoms with E-state index in [1.165, 1.54) is 4.90 Å². The molecule has 1 atom stereocenters. The molecule has 2 heterocycles. The zero-order valence-corrected chi connectivity index (χ0v) is 14.7. The van der Waals surface area contributed by atoms with Crippen LogP contribution in [0.1, 0.15) is 0 Å². The minimum atomic E-state index is -0.603. The van der Waals surface area contributed by atoms with Crippen LogP contribution < -0.4 is 15.5 Å². The number of hydrogen-bond donors (Lipinski definition) is 2. The van der Waals surface area contributed by atoms with E-state index in [-0.39, 0.29) is 30.9 Å². The van der Waals surface area contributed by atoms with Crippen molar-refractivity contribution in [3.8, 4) is 11.1 Å². The van der Waals surface area contributed by atoms with E-state index in [4.69, 9.17) is 0 Å². The number of nitrogens with zero attached hydrogens (tertiary/aromatic N) is 2. The first-order valence-electron chi connectivity index (χ1n) is 8.91. The van der Waals surface area contributed by atoms with Gasteiger partial charge in [-0.15, -0.1) is 0 Å². The summed E-state index contributed by atoms with van der Waals surface area (Å²) in [5, 5.41) is 5.14. The van der Waals surface area contributed by atoms with Crippen molar-refractivity contribution in [2.24, 2.45) is 0 Å². The summed E-state index contributed by atoms with van der Waals surface area (Å²) in [6.45, 7) is 1.11. The number of anilines is 1. The lowest BCUT2D eigenvalue weighted by Gasteiger charge is -2.36. The third-order valence-electron chi connectivity index (χ3n) is 4.88. The molecule has 2 aromatic carbocycles. The summed E-state index contributed by atoms with van der Waals surface area (Å²) < 4.78 is 0. The molecule has 2 aliphatic heterocycles. The number of carbonyl (C=O) groups is 3. The monoisotopic (exact) mass is 364 g/mol. The van der Waals surface area contributed by atoms with Gasteiger partial charge in [0.15, 0.2) is 0 Å². The van der Waals surface area contributed by atoms with Crippen LogP contribution in [0.2, 0.25) is 0 Å². The summed E-state index contributed by atoms with van der Waals surface area (Å²) in [6.07, 6.45) is 0. The third-order valence-corrected chi connectivity index (χ3v) is 4.88. The Hall–Kier alpha value is -3.35. The molecule has 0 spiro atoms. The van der Waals surface area contributed by atoms with E-state index >= 15 is 0 Å². The van der Waals surface area contributed by atoms with Gasteiger partial charge in [-0.3, -0.25) is 9.59 Å². The third kappa shape index (κ3) is 3.36. The molecule has 2 N–H and O–H groups in total. The quantitative estimate of drug-likeness (QED) is 0.859. The molecular formula is C20H20N4O3. The summed E-state index contributed by atoms with van der Waals surface area (Å²) >= 11 is 0. The van der Waals surface area contributed by atoms with Crippen molar-refractivity contribution in [2.45, 2.75) is 6.04 Å². The minimum Gasteiger partial charge on any atom is -0.336 e. The summed E-state index contributed by atoms with van der Waals surface area (Å²) in [6, 6.07) is 16.7. The number of para-hydroxylation sites is 1. The average Bonchev–Trinajstić information content (AvgIpc) is 3.14. The second-order valence-corrected chi connectivity index (χ2v) is 6.60. The van der Waals surface area contributed by atoms with Crippen LogP contribution >= 0.6 is 0 Å². The molecular weight excluding hydrogens is 344 g/mol. The van der Waals surface area contributed by atoms with E-state index < -0.39 is 6.04 Å². The van der Waals surface area contributed by atoms with E-state index in [0.717, 1.165) is 16.8 Å². The zero-order valence-electron chi connectivity index (χ0n) is 14.7. The van der Waals surface area contributed by atoms with Crippen LogP contribution in [0.15, 0.2) is 54.6 Å². The second kappa shape index (κ2) is 7.11. The Kier molecular flexibility index (Phi) is 4.50. The highest BCUT2D eigenvalue weighted by atomic mass is 16.2. The standard InChI is InChI=1S/C20H20N4O3/c25-18-13-23(19(26)16-12-21-20(27)22-16)10-11-24(18)17-9-5-4-8-15(17)14-6-2-1-3-7-14/h1-9,16H,10-13H2,(H2,21,22,27)/t16-/m0/s1. The molecule has 0 bridgehead atoms. The number of hydrogen-bond acceptors (Lipinski definition) is 3. The van der Waals surface area contributed by atoms with Gasteiger partial charge in [0.1, 0.15) is 12.6 Å². The van der Waals surface area contributed by atoms with Gasteiger partial charge in [0.05, 0.1) is 5.69 Å². The van der Waals surface area contributed by atoms with Crippen molar-refractivity contribution >= 4 is 23.5 Å². The van der Waals surface area contributed by atoms with E-state index in [1.807, 2.05) is 54.6 Å². The van der Waals surface area contributed by atoms with Crippen LogP contribution in [0.3, 0.4) is 0 Å². The molecule has 4 rings (SSSR count). The van der Waals surface area contributed by atoms with Gasteiger partial charge in [0.25, 0.3) is 0 Å². The summed E-state index contributed by atoms with van der Waals surface area (Å²) in [5.74, 6) is -0.354. The summed E-state index contributed by atoms with van der Waals surface area (Å²) in [4.78, 5) is 39.8. The van der Waals surface area contributed by atoms with Crippen molar-refractivity contribution in [1.29, 1.82) is 0 Å². The lowest BCUT2D eigenvalue weighted by molar-refractivity contribution is -0.138. The fraction of sp³-hybridized carbons (Fsp3) is 0.250. The molecule has 0 unspecified atom stereocenters. The van der Waals surface area contributed by atoms with Crippen LogP contribution in [-0.2, 0) is 9.59 Å². The largest absolute Gasteiger partial charge is 0.336 e. The van der Waals surface area contributed by atoms with Gasteiger partial charge in [-0.1, -0.05) is 48.5 Å². The number of rotatable bonds is 3. The van der Waals surface area contributed by atoms with Crippen molar-refractivity contribution in [3.05, 3.63) is 54.6 Å². The second-order valence-electron chi connectivity index (χ2n) is 6.60. The van der Waals surface area contributed by atoms with Gasteiger partial charge in [-0.25, -0.2) is 4.79 Å². The lowest BCUT2D eigenvalue weighted by Crippen LogP contribution is -2.56. The number of piperazine rings is 1. The predicted octanol–water partition coefficient (Wildman–Crippen LogP) is 1.21. The number of carbonyl (C=O) groups excluding carboxylic acids is 3. The molecule has 0 radical (unpaired) electrons. The molecule has 2 aromatic rings. The van der Waals surface area contributed by atoms with Gasteiger partial charge in [-0.2, -0.15) is 0 Å². The van der Waals surface area contributed by atoms with Gasteiger partial charge in [-0.05, 0) is 11.6 Å².